The van der Waals surface area contributed by atoms with Gasteiger partial charge in [-0.15, -0.1) is 6.58 Å². The minimum absolute atomic E-state index is 0.00988. The Kier molecular flexibility index (Phi) is 17.2. The van der Waals surface area contributed by atoms with Crippen molar-refractivity contribution >= 4 is 23.4 Å². The van der Waals surface area contributed by atoms with Crippen LogP contribution in [0.15, 0.2) is 36.0 Å². The van der Waals surface area contributed by atoms with E-state index in [1.165, 1.54) is 19.1 Å². The molecule has 13 heteroatoms. The van der Waals surface area contributed by atoms with Crippen LogP contribution in [0.3, 0.4) is 0 Å². The number of allylic oxidation sites excluding steroid dienone is 4. The molecule has 322 valence electrons. The van der Waals surface area contributed by atoms with Gasteiger partial charge in [0, 0.05) is 52.0 Å². The summed E-state index contributed by atoms with van der Waals surface area (Å²) in [5.74, 6) is -7.76. The van der Waals surface area contributed by atoms with Gasteiger partial charge in [0.25, 0.3) is 11.7 Å². The zero-order valence-electron chi connectivity index (χ0n) is 35.4. The first-order chi connectivity index (χ1) is 27.0. The molecule has 14 atom stereocenters. The molecule has 1 amide bonds. The van der Waals surface area contributed by atoms with Crippen molar-refractivity contribution in [2.75, 3.05) is 27.9 Å². The van der Waals surface area contributed by atoms with E-state index in [0.29, 0.717) is 56.9 Å². The van der Waals surface area contributed by atoms with Crippen LogP contribution in [0.1, 0.15) is 105 Å². The van der Waals surface area contributed by atoms with Gasteiger partial charge in [0.05, 0.1) is 30.5 Å². The van der Waals surface area contributed by atoms with E-state index in [9.17, 15) is 34.5 Å². The molecule has 2 bridgehead atoms. The topological polar surface area (TPSA) is 178 Å². The number of carbonyl (C=O) groups is 4. The first-order valence-corrected chi connectivity index (χ1v) is 20.9. The van der Waals surface area contributed by atoms with Crippen molar-refractivity contribution in [3.05, 3.63) is 36.0 Å². The summed E-state index contributed by atoms with van der Waals surface area (Å²) in [4.78, 5) is 57.8. The Balaban J connectivity index is 1.78. The number of hydrogen-bond donors (Lipinski definition) is 3. The Hall–Kier alpha value is -2.78. The monoisotopic (exact) mass is 803 g/mol. The highest BCUT2D eigenvalue weighted by Gasteiger charge is 2.56. The Morgan fingerprint density at radius 2 is 1.60 bits per heavy atom. The van der Waals surface area contributed by atoms with Gasteiger partial charge in [-0.25, -0.2) is 4.79 Å². The quantitative estimate of drug-likeness (QED) is 0.185. The first-order valence-electron chi connectivity index (χ1n) is 20.9. The van der Waals surface area contributed by atoms with Crippen molar-refractivity contribution in [2.24, 2.45) is 29.6 Å². The van der Waals surface area contributed by atoms with Gasteiger partial charge in [-0.2, -0.15) is 0 Å². The van der Waals surface area contributed by atoms with Crippen LogP contribution in [-0.2, 0) is 42.9 Å². The molecule has 1 aliphatic carbocycles. The van der Waals surface area contributed by atoms with E-state index in [4.69, 9.17) is 23.7 Å². The minimum atomic E-state index is -2.51. The van der Waals surface area contributed by atoms with Gasteiger partial charge in [-0.3, -0.25) is 14.4 Å². The number of rotatable bonds is 7. The molecular formula is C44H69NO12. The van der Waals surface area contributed by atoms with Gasteiger partial charge in [0.2, 0.25) is 5.79 Å². The number of methoxy groups -OCH3 is 3. The van der Waals surface area contributed by atoms with Crippen LogP contribution in [0.5, 0.6) is 0 Å². The SMILES string of the molecule is C=CC[C@@H]1/C=C(\C)C[C@H](C)C[C@H](OC)[C@H]2O[C@@](O)(C(=O)C(=O)N3CCCC[C@H]3C(=O)O[C@H](C(C)=C[C@@H]3CC[C@@H](O)[C@H](OC)C3)[C@H](C)[C@@H](O)CC1=O)[C@H](C)C[C@@H]2OC. The third kappa shape index (κ3) is 11.3. The van der Waals surface area contributed by atoms with Crippen LogP contribution in [0.4, 0.5) is 0 Å². The summed E-state index contributed by atoms with van der Waals surface area (Å²) in [6, 6.07) is -1.14. The third-order valence-electron chi connectivity index (χ3n) is 12.9. The molecule has 57 heavy (non-hydrogen) atoms. The average molecular weight is 804 g/mol. The summed E-state index contributed by atoms with van der Waals surface area (Å²) in [5.41, 5.74) is 1.61. The summed E-state index contributed by atoms with van der Waals surface area (Å²) in [5, 5.41) is 34.1. The number of nitrogens with zero attached hydrogens (tertiary/aromatic N) is 1. The Morgan fingerprint density at radius 1 is 0.930 bits per heavy atom. The van der Waals surface area contributed by atoms with Crippen LogP contribution in [0, 0.1) is 29.6 Å². The zero-order valence-corrected chi connectivity index (χ0v) is 35.4. The Bertz CT molecular complexity index is 1480. The van der Waals surface area contributed by atoms with E-state index in [-0.39, 0.29) is 49.5 Å². The van der Waals surface area contributed by atoms with Crippen molar-refractivity contribution in [2.45, 2.75) is 160 Å². The van der Waals surface area contributed by atoms with Gasteiger partial charge in [0.15, 0.2) is 0 Å². The molecule has 13 nitrogen and oxygen atoms in total. The van der Waals surface area contributed by atoms with Crippen molar-refractivity contribution in [1.29, 1.82) is 0 Å². The largest absolute Gasteiger partial charge is 0.456 e. The van der Waals surface area contributed by atoms with Crippen LogP contribution in [-0.4, -0.2) is 126 Å². The Morgan fingerprint density at radius 3 is 2.25 bits per heavy atom. The van der Waals surface area contributed by atoms with E-state index < -0.39 is 83.9 Å². The number of cyclic esters (lactones) is 1. The second kappa shape index (κ2) is 21.0. The number of Topliss-reactive ketones (excluding diaryl/α,β-unsaturated/α-hetero) is 2. The van der Waals surface area contributed by atoms with Crippen molar-refractivity contribution < 1.29 is 58.2 Å². The fraction of sp³-hybridized carbons (Fsp3) is 0.773. The van der Waals surface area contributed by atoms with E-state index >= 15 is 0 Å². The smallest absolute Gasteiger partial charge is 0.329 e. The lowest BCUT2D eigenvalue weighted by atomic mass is 9.81. The number of hydrogen-bond acceptors (Lipinski definition) is 12. The summed E-state index contributed by atoms with van der Waals surface area (Å²) < 4.78 is 29.7. The molecule has 3 heterocycles. The van der Waals surface area contributed by atoms with Crippen LogP contribution in [0.25, 0.3) is 0 Å². The first kappa shape index (κ1) is 46.9. The molecule has 3 aliphatic heterocycles. The summed E-state index contributed by atoms with van der Waals surface area (Å²) >= 11 is 0. The number of piperidine rings is 1. The molecule has 1 saturated carbocycles. The van der Waals surface area contributed by atoms with Crippen molar-refractivity contribution in [3.63, 3.8) is 0 Å². The van der Waals surface area contributed by atoms with E-state index in [1.807, 2.05) is 32.9 Å². The highest BCUT2D eigenvalue weighted by Crippen LogP contribution is 2.39. The number of fused-ring (bicyclic) bond motifs is 3. The zero-order chi connectivity index (χ0) is 42.2. The van der Waals surface area contributed by atoms with E-state index in [2.05, 4.69) is 6.58 Å². The lowest BCUT2D eigenvalue weighted by Crippen LogP contribution is -2.64. The van der Waals surface area contributed by atoms with Gasteiger partial charge in [0.1, 0.15) is 24.0 Å². The summed E-state index contributed by atoms with van der Waals surface area (Å²) in [6.45, 7) is 13.1. The molecule has 0 unspecified atom stereocenters. The second-order valence-electron chi connectivity index (χ2n) is 17.3. The molecule has 0 aromatic rings. The number of ketones is 2. The van der Waals surface area contributed by atoms with Crippen molar-refractivity contribution in [1.82, 2.24) is 4.90 Å². The maximum absolute atomic E-state index is 14.3. The van der Waals surface area contributed by atoms with Gasteiger partial charge >= 0.3 is 5.97 Å². The van der Waals surface area contributed by atoms with Crippen LogP contribution in [0.2, 0.25) is 0 Å². The third-order valence-corrected chi connectivity index (χ3v) is 12.9. The molecule has 2 saturated heterocycles. The van der Waals surface area contributed by atoms with Gasteiger partial charge in [-0.1, -0.05) is 44.6 Å². The van der Waals surface area contributed by atoms with Crippen LogP contribution >= 0.6 is 0 Å². The molecule has 0 spiro atoms. The standard InChI is InChI=1S/C44H69NO12/c1-10-13-31-19-25(2)18-26(3)20-37(54-8)40-38(55-9)22-28(5)44(52,57-40)41(49)42(50)45-17-12-11-14-32(45)43(51)56-39(29(6)34(47)24-35(31)48)27(4)21-30-15-16-33(46)36(23-30)53-7/h10,19,21,26,28-34,36-40,46-47,52H,1,11-18,20,22-24H2,2-9H3/b25-19+,27-21?/t26-,28+,29+,30-,31+,32-,33+,34-,36+,37-,38-,39+,40+,44+/m0/s1. The average Bonchev–Trinajstić information content (AvgIpc) is 3.18. The number of ether oxygens (including phenoxy) is 5. The fourth-order valence-electron chi connectivity index (χ4n) is 9.42. The number of carbonyl (C=O) groups excluding carboxylic acids is 4. The normalized spacial score (nSPS) is 41.0. The summed E-state index contributed by atoms with van der Waals surface area (Å²) in [6.07, 6.45) is 4.93. The number of aliphatic hydroxyl groups excluding tert-OH is 2. The predicted octanol–water partition coefficient (Wildman–Crippen LogP) is 4.64. The molecule has 3 N–H and O–H groups in total. The maximum Gasteiger partial charge on any atom is 0.329 e. The molecule has 4 rings (SSSR count). The molecule has 4 aliphatic rings. The fourth-order valence-corrected chi connectivity index (χ4v) is 9.42. The minimum Gasteiger partial charge on any atom is -0.456 e. The number of amides is 1. The lowest BCUT2D eigenvalue weighted by Gasteiger charge is -2.47. The van der Waals surface area contributed by atoms with Crippen LogP contribution < -0.4 is 0 Å². The highest BCUT2D eigenvalue weighted by atomic mass is 16.7. The lowest BCUT2D eigenvalue weighted by molar-refractivity contribution is -0.302. The summed E-state index contributed by atoms with van der Waals surface area (Å²) in [7, 11) is 4.61. The van der Waals surface area contributed by atoms with Gasteiger partial charge < -0.3 is 43.9 Å². The maximum atomic E-state index is 14.3. The molecule has 0 aromatic heterocycles. The number of aliphatic hydroxyl groups is 3. The Labute approximate surface area is 339 Å². The highest BCUT2D eigenvalue weighted by molar-refractivity contribution is 6.39. The molecule has 0 radical (unpaired) electrons. The molecular weight excluding hydrogens is 734 g/mol. The van der Waals surface area contributed by atoms with E-state index in [1.54, 1.807) is 27.0 Å². The van der Waals surface area contributed by atoms with Crippen molar-refractivity contribution in [3.8, 4) is 0 Å². The van der Waals surface area contributed by atoms with E-state index in [0.717, 1.165) is 5.57 Å². The molecule has 0 aromatic carbocycles. The molecule has 3 fully saturated rings. The van der Waals surface area contributed by atoms with Gasteiger partial charge in [-0.05, 0) is 95.5 Å². The predicted molar refractivity (Wildman–Crippen MR) is 213 cm³/mol. The number of esters is 1. The second-order valence-corrected chi connectivity index (χ2v) is 17.3.